The molecule has 1 aromatic carbocycles. The molecule has 0 atom stereocenters. The summed E-state index contributed by atoms with van der Waals surface area (Å²) in [5.74, 6) is 2.70. The van der Waals surface area contributed by atoms with Crippen molar-refractivity contribution in [1.29, 1.82) is 0 Å². The molecule has 0 spiro atoms. The number of benzene rings is 1. The van der Waals surface area contributed by atoms with E-state index in [2.05, 4.69) is 21.6 Å². The second-order valence-corrected chi connectivity index (χ2v) is 5.59. The number of carbonyl (C=O) groups is 1. The van der Waals surface area contributed by atoms with E-state index in [1.54, 1.807) is 0 Å². The number of carboxylic acids is 1. The Kier molecular flexibility index (Phi) is 5.29. The highest BCUT2D eigenvalue weighted by Crippen LogP contribution is 2.20. The van der Waals surface area contributed by atoms with E-state index in [1.165, 1.54) is 30.5 Å². The van der Waals surface area contributed by atoms with E-state index < -0.39 is 22.4 Å². The Bertz CT molecular complexity index is 929. The van der Waals surface area contributed by atoms with Crippen molar-refractivity contribution < 1.29 is 23.1 Å². The summed E-state index contributed by atoms with van der Waals surface area (Å²) in [5, 5.41) is 12.1. The first-order valence-corrected chi connectivity index (χ1v) is 7.77. The lowest BCUT2D eigenvalue weighted by Gasteiger charge is -2.10. The maximum Gasteiger partial charge on any atom is 0.371 e. The number of ether oxygens (including phenoxy) is 1. The zero-order chi connectivity index (χ0) is 18.6. The van der Waals surface area contributed by atoms with Gasteiger partial charge in [-0.15, -0.1) is 5.10 Å². The van der Waals surface area contributed by atoms with Crippen LogP contribution in [0.15, 0.2) is 52.8 Å². The number of nitrogens with two attached hydrogens (primary N) is 2. The summed E-state index contributed by atoms with van der Waals surface area (Å²) in [4.78, 5) is 19.1. The first-order chi connectivity index (χ1) is 11.8. The summed E-state index contributed by atoms with van der Waals surface area (Å²) in [5.41, 5.74) is 6.50. The van der Waals surface area contributed by atoms with Crippen molar-refractivity contribution in [3.63, 3.8) is 0 Å². The average Bonchev–Trinajstić information content (AvgIpc) is 2.60. The fourth-order valence-electron chi connectivity index (χ4n) is 1.74. The van der Waals surface area contributed by atoms with Crippen LogP contribution in [0.2, 0.25) is 0 Å². The summed E-state index contributed by atoms with van der Waals surface area (Å²) in [6, 6.07) is 5.86. The lowest BCUT2D eigenvalue weighted by Crippen LogP contribution is -2.17. The van der Waals surface area contributed by atoms with Crippen molar-refractivity contribution in [3.05, 3.63) is 48.5 Å². The minimum Gasteiger partial charge on any atom is -0.475 e. The third-order valence-corrected chi connectivity index (χ3v) is 3.67. The highest BCUT2D eigenvalue weighted by Gasteiger charge is 2.18. The minimum absolute atomic E-state index is 0.0821. The van der Waals surface area contributed by atoms with Gasteiger partial charge in [-0.2, -0.15) is 0 Å². The van der Waals surface area contributed by atoms with Crippen LogP contribution < -0.4 is 11.6 Å². The van der Waals surface area contributed by atoms with Crippen molar-refractivity contribution in [3.8, 4) is 11.3 Å². The molecule has 1 heterocycles. The fraction of sp³-hybridized carbons (Fsp3) is 0. The van der Waals surface area contributed by atoms with Gasteiger partial charge in [0, 0.05) is 5.56 Å². The molecule has 0 aliphatic rings. The van der Waals surface area contributed by atoms with Gasteiger partial charge in [-0.25, -0.2) is 23.2 Å². The van der Waals surface area contributed by atoms with Gasteiger partial charge in [0.1, 0.15) is 0 Å². The lowest BCUT2D eigenvalue weighted by molar-refractivity contribution is -0.135. The highest BCUT2D eigenvalue weighted by atomic mass is 32.2. The monoisotopic (exact) mass is 363 g/mol. The van der Waals surface area contributed by atoms with Gasteiger partial charge in [-0.3, -0.25) is 0 Å². The smallest absolute Gasteiger partial charge is 0.371 e. The van der Waals surface area contributed by atoms with Crippen LogP contribution in [0, 0.1) is 0 Å². The predicted octanol–water partition coefficient (Wildman–Crippen LogP) is -0.0687. The first-order valence-electron chi connectivity index (χ1n) is 6.59. The van der Waals surface area contributed by atoms with Crippen molar-refractivity contribution >= 4 is 28.4 Å². The Morgan fingerprint density at radius 1 is 1.28 bits per heavy atom. The molecule has 130 valence electrons. The number of anilines is 1. The topological polar surface area (TPSA) is 171 Å². The van der Waals surface area contributed by atoms with E-state index in [9.17, 15) is 13.2 Å². The van der Waals surface area contributed by atoms with Gasteiger partial charge in [0.25, 0.3) is 5.90 Å². The number of hydrazone groups is 1. The molecule has 11 heteroatoms. The quantitative estimate of drug-likeness (QED) is 0.108. The number of rotatable bonds is 5. The molecule has 10 nitrogen and oxygen atoms in total. The van der Waals surface area contributed by atoms with Gasteiger partial charge in [-0.1, -0.05) is 12.1 Å². The maximum atomic E-state index is 10.9. The predicted molar refractivity (Wildman–Crippen MR) is 89.0 cm³/mol. The van der Waals surface area contributed by atoms with Gasteiger partial charge in [-0.05, 0) is 18.7 Å². The van der Waals surface area contributed by atoms with Crippen LogP contribution in [0.3, 0.4) is 0 Å². The molecule has 25 heavy (non-hydrogen) atoms. The molecule has 0 radical (unpaired) electrons. The third-order valence-electron chi connectivity index (χ3n) is 2.95. The molecule has 0 fully saturated rings. The van der Waals surface area contributed by atoms with Crippen LogP contribution in [0.5, 0.6) is 0 Å². The van der Waals surface area contributed by atoms with Gasteiger partial charge in [0.05, 0.1) is 16.8 Å². The number of nitrogens with zero attached hydrogens (tertiary/aromatic N) is 3. The highest BCUT2D eigenvalue weighted by molar-refractivity contribution is 7.72. The average molecular weight is 363 g/mol. The zero-order valence-electron chi connectivity index (χ0n) is 12.6. The number of hydrogen-bond acceptors (Lipinski definition) is 9. The molecule has 0 aliphatic carbocycles. The van der Waals surface area contributed by atoms with Gasteiger partial charge >= 0.3 is 5.97 Å². The summed E-state index contributed by atoms with van der Waals surface area (Å²) >= 11 is 0. The summed E-state index contributed by atoms with van der Waals surface area (Å²) in [6.45, 7) is 3.20. The van der Waals surface area contributed by atoms with Crippen molar-refractivity contribution in [2.75, 3.05) is 5.73 Å². The van der Waals surface area contributed by atoms with Crippen LogP contribution in [0.4, 0.5) is 5.82 Å². The number of aliphatic carboxylic acids is 1. The van der Waals surface area contributed by atoms with Crippen LogP contribution in [-0.2, 0) is 20.2 Å². The van der Waals surface area contributed by atoms with E-state index >= 15 is 0 Å². The second-order valence-electron chi connectivity index (χ2n) is 4.56. The molecule has 0 saturated heterocycles. The Hall–Kier alpha value is -3.47. The number of aromatic nitrogens is 2. The van der Waals surface area contributed by atoms with Crippen molar-refractivity contribution in [1.82, 2.24) is 9.97 Å². The van der Waals surface area contributed by atoms with Crippen LogP contribution in [0.1, 0.15) is 5.69 Å². The molecule has 2 aromatic rings. The Labute approximate surface area is 143 Å². The van der Waals surface area contributed by atoms with E-state index in [0.29, 0.717) is 11.3 Å². The molecule has 0 aliphatic heterocycles. The van der Waals surface area contributed by atoms with Crippen LogP contribution in [0.25, 0.3) is 11.3 Å². The lowest BCUT2D eigenvalue weighted by atomic mass is 10.1. The molecule has 0 saturated carbocycles. The first kappa shape index (κ1) is 17.9. The Morgan fingerprint density at radius 3 is 2.44 bits per heavy atom. The van der Waals surface area contributed by atoms with Crippen molar-refractivity contribution in [2.24, 2.45) is 10.9 Å². The van der Waals surface area contributed by atoms with E-state index in [4.69, 9.17) is 21.4 Å². The largest absolute Gasteiger partial charge is 0.475 e. The number of carboxylic acid groups (broad SMARTS) is 1. The molecular formula is C14H13N5O5S. The summed E-state index contributed by atoms with van der Waals surface area (Å²) in [7, 11) is -2.69. The van der Waals surface area contributed by atoms with Gasteiger partial charge < -0.3 is 21.4 Å². The summed E-state index contributed by atoms with van der Waals surface area (Å²) in [6.07, 6.45) is 1.35. The molecule has 5 N–H and O–H groups in total. The Balaban J connectivity index is 2.42. The fourth-order valence-corrected chi connectivity index (χ4v) is 2.14. The molecular weight excluding hydrogens is 350 g/mol. The van der Waals surface area contributed by atoms with Crippen LogP contribution in [-0.4, -0.2) is 35.4 Å². The standard InChI is InChI=1S/C14H13N5O5S/c1-7(14(20)21)24-13(19-16)11-12(15)17-6-10(18-11)8-2-4-9(5-3-8)25(22)23/h2-6,25H,1,16H2,(H2,15,17)(H,20,21)/b19-13-. The SMILES string of the molecule is C=C(O/C(=N\N)c1nc(-c2ccc([SH](=O)=O)cc2)cnc1N)C(=O)O. The summed E-state index contributed by atoms with van der Waals surface area (Å²) < 4.78 is 26.8. The zero-order valence-corrected chi connectivity index (χ0v) is 13.5. The molecule has 1 aromatic heterocycles. The van der Waals surface area contributed by atoms with E-state index in [0.717, 1.165) is 0 Å². The molecule has 0 unspecified atom stereocenters. The second kappa shape index (κ2) is 7.40. The maximum absolute atomic E-state index is 10.9. The van der Waals surface area contributed by atoms with E-state index in [-0.39, 0.29) is 22.3 Å². The number of nitrogen functional groups attached to an aromatic ring is 1. The number of thiol groups is 1. The molecule has 0 bridgehead atoms. The van der Waals surface area contributed by atoms with Gasteiger partial charge in [0.2, 0.25) is 5.76 Å². The third kappa shape index (κ3) is 4.09. The molecule has 0 amide bonds. The van der Waals surface area contributed by atoms with Crippen molar-refractivity contribution in [2.45, 2.75) is 4.90 Å². The number of hydrogen-bond donors (Lipinski definition) is 4. The Morgan fingerprint density at radius 2 is 1.92 bits per heavy atom. The van der Waals surface area contributed by atoms with Gasteiger partial charge in [0.15, 0.2) is 22.2 Å². The minimum atomic E-state index is -2.69. The van der Waals surface area contributed by atoms with E-state index in [1.807, 2.05) is 0 Å². The molecule has 2 rings (SSSR count). The normalized spacial score (nSPS) is 11.3. The van der Waals surface area contributed by atoms with Crippen LogP contribution >= 0.6 is 0 Å².